The molecule has 1 aromatic heterocycles. The molecule has 1 N–H and O–H groups in total. The maximum atomic E-state index is 10.8. The minimum absolute atomic E-state index is 0. The molecule has 0 saturated carbocycles. The van der Waals surface area contributed by atoms with E-state index in [0.717, 1.165) is 0 Å². The topological polar surface area (TPSA) is 93.3 Å². The van der Waals surface area contributed by atoms with Crippen LogP contribution in [0.2, 0.25) is 5.15 Å². The zero-order valence-electron chi connectivity index (χ0n) is 8.35. The van der Waals surface area contributed by atoms with Crippen molar-refractivity contribution in [3.63, 3.8) is 0 Å². The second-order valence-corrected chi connectivity index (χ2v) is 3.26. The second-order valence-electron chi connectivity index (χ2n) is 2.90. The molecular formula is C8H8Cl2N2O4. The van der Waals surface area contributed by atoms with Gasteiger partial charge >= 0.3 is 5.97 Å². The zero-order valence-corrected chi connectivity index (χ0v) is 9.93. The minimum Gasteiger partial charge on any atom is -0.478 e. The number of aromatic nitrogens is 1. The van der Waals surface area contributed by atoms with E-state index < -0.39 is 10.9 Å². The summed E-state index contributed by atoms with van der Waals surface area (Å²) >= 11 is 5.59. The van der Waals surface area contributed by atoms with Crippen LogP contribution in [0.4, 0.5) is 5.69 Å². The van der Waals surface area contributed by atoms with E-state index in [2.05, 4.69) is 4.98 Å². The van der Waals surface area contributed by atoms with Gasteiger partial charge in [0.15, 0.2) is 0 Å². The lowest BCUT2D eigenvalue weighted by Crippen LogP contribution is -2.07. The summed E-state index contributed by atoms with van der Waals surface area (Å²) in [6.07, 6.45) is 0. The first kappa shape index (κ1) is 14.6. The third-order valence-electron chi connectivity index (χ3n) is 1.94. The average Bonchev–Trinajstić information content (AvgIpc) is 1.99. The number of rotatable bonds is 2. The number of nitro groups is 1. The van der Waals surface area contributed by atoms with E-state index in [4.69, 9.17) is 16.7 Å². The van der Waals surface area contributed by atoms with Crippen molar-refractivity contribution < 1.29 is 14.8 Å². The summed E-state index contributed by atoms with van der Waals surface area (Å²) in [5.41, 5.74) is -0.511. The van der Waals surface area contributed by atoms with Crippen LogP contribution in [0.3, 0.4) is 0 Å². The van der Waals surface area contributed by atoms with Crippen LogP contribution in [0.1, 0.15) is 21.6 Å². The van der Waals surface area contributed by atoms with Crippen LogP contribution in [0.5, 0.6) is 0 Å². The van der Waals surface area contributed by atoms with Gasteiger partial charge in [-0.1, -0.05) is 11.6 Å². The number of aromatic carboxylic acids is 1. The molecule has 1 rings (SSSR count). The number of hydrogen-bond acceptors (Lipinski definition) is 4. The van der Waals surface area contributed by atoms with Gasteiger partial charge in [-0.05, 0) is 13.8 Å². The molecular weight excluding hydrogens is 259 g/mol. The van der Waals surface area contributed by atoms with Crippen LogP contribution in [0, 0.1) is 24.0 Å². The van der Waals surface area contributed by atoms with Gasteiger partial charge in [0, 0.05) is 5.56 Å². The number of aryl methyl sites for hydroxylation is 1. The molecule has 0 aliphatic rings. The Morgan fingerprint density at radius 2 is 2.00 bits per heavy atom. The second kappa shape index (κ2) is 5.09. The first-order valence-electron chi connectivity index (χ1n) is 3.90. The van der Waals surface area contributed by atoms with Gasteiger partial charge in [0.2, 0.25) is 0 Å². The van der Waals surface area contributed by atoms with Crippen molar-refractivity contribution in [1.29, 1.82) is 0 Å². The molecule has 0 radical (unpaired) electrons. The summed E-state index contributed by atoms with van der Waals surface area (Å²) in [5.74, 6) is -1.33. The van der Waals surface area contributed by atoms with Crippen LogP contribution in [0.25, 0.3) is 0 Å². The maximum absolute atomic E-state index is 10.8. The van der Waals surface area contributed by atoms with Crippen LogP contribution in [-0.4, -0.2) is 21.0 Å². The minimum atomic E-state index is -1.33. The molecule has 8 heteroatoms. The van der Waals surface area contributed by atoms with Crippen LogP contribution in [0.15, 0.2) is 0 Å². The molecule has 0 fully saturated rings. The van der Waals surface area contributed by atoms with Crippen LogP contribution in [-0.2, 0) is 0 Å². The molecule has 0 unspecified atom stereocenters. The lowest BCUT2D eigenvalue weighted by molar-refractivity contribution is -0.386. The summed E-state index contributed by atoms with van der Waals surface area (Å²) in [7, 11) is 0. The zero-order chi connectivity index (χ0) is 11.7. The highest BCUT2D eigenvalue weighted by Crippen LogP contribution is 2.28. The van der Waals surface area contributed by atoms with Gasteiger partial charge in [-0.15, -0.1) is 12.4 Å². The smallest absolute Gasteiger partial charge is 0.339 e. The van der Waals surface area contributed by atoms with E-state index in [1.165, 1.54) is 13.8 Å². The van der Waals surface area contributed by atoms with Crippen molar-refractivity contribution >= 4 is 35.7 Å². The fourth-order valence-corrected chi connectivity index (χ4v) is 1.67. The molecule has 1 aromatic rings. The highest BCUT2D eigenvalue weighted by molar-refractivity contribution is 6.32. The fraction of sp³-hybridized carbons (Fsp3) is 0.250. The van der Waals surface area contributed by atoms with Crippen LogP contribution >= 0.6 is 24.0 Å². The molecule has 0 aliphatic carbocycles. The molecule has 0 atom stereocenters. The van der Waals surface area contributed by atoms with E-state index >= 15 is 0 Å². The lowest BCUT2D eigenvalue weighted by atomic mass is 10.1. The Bertz CT molecular complexity index is 424. The van der Waals surface area contributed by atoms with Gasteiger partial charge in [0.1, 0.15) is 16.4 Å². The Kier molecular flexibility index (Phi) is 4.64. The molecule has 16 heavy (non-hydrogen) atoms. The van der Waals surface area contributed by atoms with Crippen molar-refractivity contribution in [1.82, 2.24) is 4.98 Å². The van der Waals surface area contributed by atoms with E-state index in [1.807, 2.05) is 0 Å². The Morgan fingerprint density at radius 3 is 2.38 bits per heavy atom. The van der Waals surface area contributed by atoms with Gasteiger partial charge in [0.25, 0.3) is 5.69 Å². The van der Waals surface area contributed by atoms with Crippen LogP contribution < -0.4 is 0 Å². The number of hydrogen-bond donors (Lipinski definition) is 1. The fourth-order valence-electron chi connectivity index (χ4n) is 1.32. The Balaban J connectivity index is 0.00000225. The normalized spacial score (nSPS) is 9.44. The van der Waals surface area contributed by atoms with Gasteiger partial charge in [0.05, 0.1) is 4.92 Å². The number of nitrogens with zero attached hydrogens (tertiary/aromatic N) is 2. The van der Waals surface area contributed by atoms with Gasteiger partial charge in [-0.2, -0.15) is 0 Å². The summed E-state index contributed by atoms with van der Waals surface area (Å²) < 4.78 is 0. The van der Waals surface area contributed by atoms with Crippen molar-refractivity contribution in [2.45, 2.75) is 13.8 Å². The summed E-state index contributed by atoms with van der Waals surface area (Å²) in [6.45, 7) is 2.74. The van der Waals surface area contributed by atoms with E-state index in [-0.39, 0.29) is 40.1 Å². The maximum Gasteiger partial charge on any atom is 0.339 e. The number of halogens is 2. The quantitative estimate of drug-likeness (QED) is 0.504. The third-order valence-corrected chi connectivity index (χ3v) is 2.22. The lowest BCUT2D eigenvalue weighted by Gasteiger charge is -2.05. The van der Waals surface area contributed by atoms with Gasteiger partial charge in [-0.3, -0.25) is 10.1 Å². The first-order chi connectivity index (χ1) is 6.86. The molecule has 0 spiro atoms. The molecule has 0 saturated heterocycles. The Labute approximate surface area is 102 Å². The average molecular weight is 267 g/mol. The van der Waals surface area contributed by atoms with Crippen molar-refractivity contribution in [3.05, 3.63) is 32.1 Å². The number of carboxylic acid groups (broad SMARTS) is 1. The van der Waals surface area contributed by atoms with Crippen molar-refractivity contribution in [2.75, 3.05) is 0 Å². The standard InChI is InChI=1S/C8H7ClN2O4.ClH/c1-3-5(8(12)13)7(9)10-4(2)6(3)11(14)15;/h1-2H3,(H,12,13);1H. The summed E-state index contributed by atoms with van der Waals surface area (Å²) in [6, 6.07) is 0. The molecule has 0 aromatic carbocycles. The summed E-state index contributed by atoms with van der Waals surface area (Å²) in [4.78, 5) is 24.4. The molecule has 0 bridgehead atoms. The van der Waals surface area contributed by atoms with Gasteiger partial charge < -0.3 is 5.11 Å². The highest BCUT2D eigenvalue weighted by Gasteiger charge is 2.25. The molecule has 88 valence electrons. The van der Waals surface area contributed by atoms with E-state index in [1.54, 1.807) is 0 Å². The highest BCUT2D eigenvalue weighted by atomic mass is 35.5. The van der Waals surface area contributed by atoms with Gasteiger partial charge in [-0.25, -0.2) is 9.78 Å². The number of pyridine rings is 1. The molecule has 0 amide bonds. The monoisotopic (exact) mass is 266 g/mol. The largest absolute Gasteiger partial charge is 0.478 e. The SMILES string of the molecule is Cc1nc(Cl)c(C(=O)O)c(C)c1[N+](=O)[O-].Cl. The molecule has 6 nitrogen and oxygen atoms in total. The Morgan fingerprint density at radius 1 is 1.50 bits per heavy atom. The Hall–Kier alpha value is -1.40. The van der Waals surface area contributed by atoms with Crippen molar-refractivity contribution in [3.8, 4) is 0 Å². The molecule has 1 heterocycles. The first-order valence-corrected chi connectivity index (χ1v) is 4.28. The van der Waals surface area contributed by atoms with Crippen molar-refractivity contribution in [2.24, 2.45) is 0 Å². The molecule has 0 aliphatic heterocycles. The summed E-state index contributed by atoms with van der Waals surface area (Å²) in [5, 5.41) is 19.2. The predicted octanol–water partition coefficient (Wildman–Crippen LogP) is 2.38. The predicted molar refractivity (Wildman–Crippen MR) is 59.6 cm³/mol. The number of carboxylic acids is 1. The number of carbonyl (C=O) groups is 1. The van der Waals surface area contributed by atoms with E-state index in [0.29, 0.717) is 0 Å². The van der Waals surface area contributed by atoms with E-state index in [9.17, 15) is 14.9 Å². The third kappa shape index (κ3) is 2.40.